The van der Waals surface area contributed by atoms with Gasteiger partial charge in [0.05, 0.1) is 16.7 Å². The summed E-state index contributed by atoms with van der Waals surface area (Å²) in [4.78, 5) is 28.0. The predicted octanol–water partition coefficient (Wildman–Crippen LogP) is 2.96. The number of hydrogen-bond donors (Lipinski definition) is 1. The first-order chi connectivity index (χ1) is 11.6. The highest BCUT2D eigenvalue weighted by atomic mass is 32.1. The van der Waals surface area contributed by atoms with Crippen LogP contribution >= 0.6 is 11.3 Å². The Morgan fingerprint density at radius 1 is 1.29 bits per heavy atom. The summed E-state index contributed by atoms with van der Waals surface area (Å²) in [5, 5.41) is 1.36. The van der Waals surface area contributed by atoms with Gasteiger partial charge in [0.25, 0.3) is 5.56 Å². The lowest BCUT2D eigenvalue weighted by Gasteiger charge is -2.34. The van der Waals surface area contributed by atoms with Crippen LogP contribution in [-0.2, 0) is 12.8 Å². The Morgan fingerprint density at radius 2 is 2.08 bits per heavy atom. The Hall–Kier alpha value is -1.53. The van der Waals surface area contributed by atoms with E-state index >= 15 is 0 Å². The fraction of sp³-hybridized carbons (Fsp3) is 0.611. The first-order valence-corrected chi connectivity index (χ1v) is 9.72. The van der Waals surface area contributed by atoms with Crippen LogP contribution in [0.4, 0.5) is 0 Å². The third-order valence-electron chi connectivity index (χ3n) is 5.32. The van der Waals surface area contributed by atoms with E-state index in [2.05, 4.69) is 21.8 Å². The van der Waals surface area contributed by atoms with Gasteiger partial charge in [0.2, 0.25) is 0 Å². The fourth-order valence-electron chi connectivity index (χ4n) is 3.89. The van der Waals surface area contributed by atoms with Crippen LogP contribution in [0.3, 0.4) is 0 Å². The molecule has 1 aliphatic carbocycles. The molecule has 0 spiro atoms. The summed E-state index contributed by atoms with van der Waals surface area (Å²) >= 11 is 1.95. The third-order valence-corrected chi connectivity index (χ3v) is 6.64. The first-order valence-electron chi connectivity index (χ1n) is 8.90. The Balaban J connectivity index is 1.42. The molecule has 0 saturated carbocycles. The number of aromatic nitrogens is 3. The van der Waals surface area contributed by atoms with Crippen molar-refractivity contribution >= 4 is 11.3 Å². The summed E-state index contributed by atoms with van der Waals surface area (Å²) in [7, 11) is 0. The van der Waals surface area contributed by atoms with Crippen LogP contribution in [0, 0.1) is 6.92 Å². The molecule has 128 valence electrons. The van der Waals surface area contributed by atoms with E-state index in [1.165, 1.54) is 34.8 Å². The average molecular weight is 344 g/mol. The largest absolute Gasteiger partial charge is 0.309 e. The topological polar surface area (TPSA) is 61.9 Å². The van der Waals surface area contributed by atoms with Gasteiger partial charge in [-0.1, -0.05) is 0 Å². The molecule has 1 aliphatic heterocycles. The van der Waals surface area contributed by atoms with Crippen molar-refractivity contribution in [3.05, 3.63) is 43.5 Å². The molecule has 1 saturated heterocycles. The molecule has 1 unspecified atom stereocenters. The molecule has 0 radical (unpaired) electrons. The lowest BCUT2D eigenvalue weighted by atomic mass is 9.96. The van der Waals surface area contributed by atoms with Crippen molar-refractivity contribution in [3.8, 4) is 0 Å². The lowest BCUT2D eigenvalue weighted by Crippen LogP contribution is -2.36. The van der Waals surface area contributed by atoms with Crippen molar-refractivity contribution in [2.75, 3.05) is 13.1 Å². The van der Waals surface area contributed by atoms with Gasteiger partial charge in [-0.25, -0.2) is 9.97 Å². The molecule has 0 amide bonds. The normalized spacial score (nSPS) is 20.2. The van der Waals surface area contributed by atoms with Crippen LogP contribution in [0.1, 0.15) is 65.2 Å². The minimum atomic E-state index is -0.0588. The summed E-state index contributed by atoms with van der Waals surface area (Å²) in [6, 6.07) is 1.70. The van der Waals surface area contributed by atoms with E-state index in [1.807, 2.05) is 18.3 Å². The minimum Gasteiger partial charge on any atom is -0.309 e. The first kappa shape index (κ1) is 16.0. The number of aromatic amines is 1. The lowest BCUT2D eigenvalue weighted by molar-refractivity contribution is 0.156. The molecular formula is C18H24N4OS. The van der Waals surface area contributed by atoms with Gasteiger partial charge in [-0.2, -0.15) is 0 Å². The van der Waals surface area contributed by atoms with Crippen LogP contribution in [-0.4, -0.2) is 32.9 Å². The van der Waals surface area contributed by atoms with E-state index in [0.717, 1.165) is 37.4 Å². The highest BCUT2D eigenvalue weighted by molar-refractivity contribution is 7.11. The Morgan fingerprint density at radius 3 is 2.79 bits per heavy atom. The van der Waals surface area contributed by atoms with Crippen molar-refractivity contribution in [2.45, 2.75) is 57.9 Å². The van der Waals surface area contributed by atoms with E-state index in [1.54, 1.807) is 6.07 Å². The summed E-state index contributed by atoms with van der Waals surface area (Å²) in [5.41, 5.74) is 2.09. The highest BCUT2D eigenvalue weighted by Gasteiger charge is 2.28. The highest BCUT2D eigenvalue weighted by Crippen LogP contribution is 2.37. The predicted molar refractivity (Wildman–Crippen MR) is 95.7 cm³/mol. The maximum atomic E-state index is 11.7. The van der Waals surface area contributed by atoms with Gasteiger partial charge in [0.1, 0.15) is 5.82 Å². The number of fused-ring (bicyclic) bond motifs is 1. The van der Waals surface area contributed by atoms with Crippen LogP contribution in [0.25, 0.3) is 0 Å². The molecule has 1 atom stereocenters. The minimum absolute atomic E-state index is 0.0588. The second kappa shape index (κ2) is 6.41. The molecule has 24 heavy (non-hydrogen) atoms. The van der Waals surface area contributed by atoms with E-state index < -0.39 is 0 Å². The molecule has 2 aliphatic rings. The Bertz CT molecular complexity index is 767. The van der Waals surface area contributed by atoms with Crippen LogP contribution in [0.5, 0.6) is 0 Å². The fourth-order valence-corrected chi connectivity index (χ4v) is 5.21. The number of hydrogen-bond acceptors (Lipinski definition) is 5. The molecule has 6 heteroatoms. The standard InChI is InChI=1S/C18H24N4OS/c1-11-10-16(23)21-17(19-11)12(2)22-8-6-13(7-9-22)18-20-14-4-3-5-15(14)24-18/h10,12-13H,3-9H2,1-2H3,(H,19,21,23). The maximum absolute atomic E-state index is 11.7. The van der Waals surface area contributed by atoms with Crippen molar-refractivity contribution in [3.63, 3.8) is 0 Å². The molecular weight excluding hydrogens is 320 g/mol. The second-order valence-corrected chi connectivity index (χ2v) is 8.15. The van der Waals surface area contributed by atoms with Crippen LogP contribution in [0.15, 0.2) is 10.9 Å². The molecule has 1 N–H and O–H groups in total. The summed E-state index contributed by atoms with van der Waals surface area (Å²) in [5.74, 6) is 1.39. The van der Waals surface area contributed by atoms with Gasteiger partial charge in [-0.05, 0) is 59.0 Å². The van der Waals surface area contributed by atoms with Gasteiger partial charge >= 0.3 is 0 Å². The molecule has 2 aromatic rings. The van der Waals surface area contributed by atoms with Crippen molar-refractivity contribution < 1.29 is 0 Å². The number of H-pyrrole nitrogens is 1. The molecule has 5 nitrogen and oxygen atoms in total. The molecule has 2 aromatic heterocycles. The quantitative estimate of drug-likeness (QED) is 0.930. The van der Waals surface area contributed by atoms with Gasteiger partial charge in [0, 0.05) is 22.6 Å². The van der Waals surface area contributed by atoms with E-state index in [9.17, 15) is 4.79 Å². The van der Waals surface area contributed by atoms with Crippen molar-refractivity contribution in [1.82, 2.24) is 19.9 Å². The molecule has 3 heterocycles. The number of aryl methyl sites for hydroxylation is 3. The number of piperidine rings is 1. The molecule has 4 rings (SSSR count). The number of nitrogens with one attached hydrogen (secondary N) is 1. The number of thiazole rings is 1. The van der Waals surface area contributed by atoms with Crippen molar-refractivity contribution in [1.29, 1.82) is 0 Å². The number of nitrogens with zero attached hydrogens (tertiary/aromatic N) is 3. The summed E-state index contributed by atoms with van der Waals surface area (Å²) < 4.78 is 0. The van der Waals surface area contributed by atoms with E-state index in [-0.39, 0.29) is 11.6 Å². The zero-order valence-corrected chi connectivity index (χ0v) is 15.2. The average Bonchev–Trinajstić information content (AvgIpc) is 3.15. The third kappa shape index (κ3) is 3.05. The van der Waals surface area contributed by atoms with Gasteiger partial charge in [0.15, 0.2) is 0 Å². The van der Waals surface area contributed by atoms with Crippen molar-refractivity contribution in [2.24, 2.45) is 0 Å². The van der Waals surface area contributed by atoms with E-state index in [0.29, 0.717) is 5.92 Å². The molecule has 1 fully saturated rings. The summed E-state index contributed by atoms with van der Waals surface area (Å²) in [6.07, 6.45) is 5.98. The zero-order valence-electron chi connectivity index (χ0n) is 14.3. The monoisotopic (exact) mass is 344 g/mol. The number of rotatable bonds is 3. The second-order valence-electron chi connectivity index (χ2n) is 7.03. The summed E-state index contributed by atoms with van der Waals surface area (Å²) in [6.45, 7) is 6.08. The van der Waals surface area contributed by atoms with E-state index in [4.69, 9.17) is 4.98 Å². The van der Waals surface area contributed by atoms with Gasteiger partial charge in [-0.15, -0.1) is 11.3 Å². The Labute approximate surface area is 146 Å². The molecule has 0 bridgehead atoms. The smallest absolute Gasteiger partial charge is 0.251 e. The maximum Gasteiger partial charge on any atom is 0.251 e. The van der Waals surface area contributed by atoms with Crippen LogP contribution < -0.4 is 5.56 Å². The molecule has 0 aromatic carbocycles. The number of likely N-dealkylation sites (tertiary alicyclic amines) is 1. The van der Waals surface area contributed by atoms with Crippen LogP contribution in [0.2, 0.25) is 0 Å². The van der Waals surface area contributed by atoms with Gasteiger partial charge in [-0.3, -0.25) is 9.69 Å². The Kier molecular flexibility index (Phi) is 4.26. The van der Waals surface area contributed by atoms with Gasteiger partial charge < -0.3 is 4.98 Å². The SMILES string of the molecule is Cc1cc(=O)[nH]c(C(C)N2CCC(c3nc4c(s3)CCC4)CC2)n1. The zero-order chi connectivity index (χ0) is 16.7.